The van der Waals surface area contributed by atoms with Crippen LogP contribution in [0.4, 0.5) is 0 Å². The number of nitrogens with two attached hydrogens (primary N) is 1. The Labute approximate surface area is 135 Å². The number of piperidine rings is 1. The van der Waals surface area contributed by atoms with E-state index in [-0.39, 0.29) is 28.6 Å². The number of hydrogen-bond acceptors (Lipinski definition) is 5. The van der Waals surface area contributed by atoms with Crippen molar-refractivity contribution >= 4 is 21.6 Å². The number of benzene rings is 1. The van der Waals surface area contributed by atoms with E-state index in [0.717, 1.165) is 0 Å². The first-order chi connectivity index (χ1) is 10.4. The van der Waals surface area contributed by atoms with Gasteiger partial charge in [0.15, 0.2) is 0 Å². The predicted molar refractivity (Wildman–Crippen MR) is 82.9 cm³/mol. The molecule has 1 saturated heterocycles. The third-order valence-electron chi connectivity index (χ3n) is 3.87. The summed E-state index contributed by atoms with van der Waals surface area (Å²) in [5.74, 6) is 0. The Hall–Kier alpha value is -1.17. The molecule has 8 heteroatoms. The lowest BCUT2D eigenvalue weighted by Crippen LogP contribution is -2.51. The Balaban J connectivity index is 2.36. The van der Waals surface area contributed by atoms with Crippen molar-refractivity contribution in [2.24, 2.45) is 5.73 Å². The molecule has 1 aromatic rings. The molecule has 0 aromatic heterocycles. The van der Waals surface area contributed by atoms with E-state index in [0.29, 0.717) is 24.9 Å². The molecule has 2 atom stereocenters. The van der Waals surface area contributed by atoms with Crippen molar-refractivity contribution in [1.82, 2.24) is 4.31 Å². The van der Waals surface area contributed by atoms with Crippen LogP contribution in [0, 0.1) is 11.3 Å². The van der Waals surface area contributed by atoms with E-state index in [1.165, 1.54) is 22.5 Å². The summed E-state index contributed by atoms with van der Waals surface area (Å²) >= 11 is 6.05. The number of nitrogens with zero attached hydrogens (tertiary/aromatic N) is 2. The first kappa shape index (κ1) is 17.2. The van der Waals surface area contributed by atoms with Gasteiger partial charge in [0.2, 0.25) is 10.0 Å². The molecule has 0 bridgehead atoms. The standard InChI is InChI=1S/C14H18ClN3O3S/c1-21-12-4-5-18(11(7-12)9-17)22(19,20)14-3-2-10(8-16)6-13(14)15/h2-3,6,11-12H,4-5,7,9,17H2,1H3. The van der Waals surface area contributed by atoms with Crippen molar-refractivity contribution in [3.05, 3.63) is 28.8 Å². The third kappa shape index (κ3) is 3.26. The molecule has 2 rings (SSSR count). The van der Waals surface area contributed by atoms with Crippen LogP contribution >= 0.6 is 11.6 Å². The van der Waals surface area contributed by atoms with Crippen LogP contribution in [0.25, 0.3) is 0 Å². The van der Waals surface area contributed by atoms with Crippen molar-refractivity contribution in [2.75, 3.05) is 20.2 Å². The van der Waals surface area contributed by atoms with Gasteiger partial charge in [0.05, 0.1) is 22.8 Å². The molecule has 0 amide bonds. The van der Waals surface area contributed by atoms with Crippen LogP contribution < -0.4 is 5.73 Å². The molecule has 1 aliphatic heterocycles. The normalized spacial score (nSPS) is 23.2. The summed E-state index contributed by atoms with van der Waals surface area (Å²) in [6.45, 7) is 0.548. The average molecular weight is 344 g/mol. The molecule has 120 valence electrons. The van der Waals surface area contributed by atoms with E-state index >= 15 is 0 Å². The molecule has 6 nitrogen and oxygen atoms in total. The molecular formula is C14H18ClN3O3S. The lowest BCUT2D eigenvalue weighted by atomic mass is 10.0. The quantitative estimate of drug-likeness (QED) is 0.889. The molecular weight excluding hydrogens is 326 g/mol. The van der Waals surface area contributed by atoms with E-state index in [1.54, 1.807) is 7.11 Å². The predicted octanol–water partition coefficient (Wildman–Crippen LogP) is 1.34. The van der Waals surface area contributed by atoms with Gasteiger partial charge < -0.3 is 10.5 Å². The first-order valence-corrected chi connectivity index (χ1v) is 8.70. The monoisotopic (exact) mass is 343 g/mol. The number of ether oxygens (including phenoxy) is 1. The van der Waals surface area contributed by atoms with Crippen LogP contribution in [-0.2, 0) is 14.8 Å². The van der Waals surface area contributed by atoms with Crippen molar-refractivity contribution in [1.29, 1.82) is 5.26 Å². The Morgan fingerprint density at radius 1 is 1.55 bits per heavy atom. The molecule has 0 saturated carbocycles. The number of halogens is 1. The van der Waals surface area contributed by atoms with E-state index in [9.17, 15) is 8.42 Å². The van der Waals surface area contributed by atoms with Crippen molar-refractivity contribution < 1.29 is 13.2 Å². The lowest BCUT2D eigenvalue weighted by molar-refractivity contribution is 0.0401. The van der Waals surface area contributed by atoms with Gasteiger partial charge in [0.25, 0.3) is 0 Å². The minimum absolute atomic E-state index is 0.00230. The summed E-state index contributed by atoms with van der Waals surface area (Å²) in [7, 11) is -2.14. The average Bonchev–Trinajstić information content (AvgIpc) is 2.53. The second-order valence-electron chi connectivity index (χ2n) is 5.14. The van der Waals surface area contributed by atoms with E-state index in [2.05, 4.69) is 0 Å². The zero-order chi connectivity index (χ0) is 16.3. The molecule has 1 aromatic carbocycles. The second kappa shape index (κ2) is 6.94. The molecule has 2 N–H and O–H groups in total. The number of sulfonamides is 1. The highest BCUT2D eigenvalue weighted by Crippen LogP contribution is 2.30. The van der Waals surface area contributed by atoms with Crippen LogP contribution in [0.5, 0.6) is 0 Å². The van der Waals surface area contributed by atoms with E-state index in [4.69, 9.17) is 27.3 Å². The van der Waals surface area contributed by atoms with Crippen LogP contribution in [-0.4, -0.2) is 45.1 Å². The molecule has 1 aliphatic rings. The van der Waals surface area contributed by atoms with Crippen LogP contribution in [0.3, 0.4) is 0 Å². The number of rotatable bonds is 4. The van der Waals surface area contributed by atoms with Gasteiger partial charge in [-0.25, -0.2) is 8.42 Å². The lowest BCUT2D eigenvalue weighted by Gasteiger charge is -2.37. The summed E-state index contributed by atoms with van der Waals surface area (Å²) in [5, 5.41) is 8.89. The first-order valence-electron chi connectivity index (χ1n) is 6.88. The van der Waals surface area contributed by atoms with Gasteiger partial charge in [0.1, 0.15) is 4.90 Å². The zero-order valence-corrected chi connectivity index (χ0v) is 13.8. The number of nitriles is 1. The van der Waals surface area contributed by atoms with Gasteiger partial charge in [-0.05, 0) is 31.0 Å². The maximum absolute atomic E-state index is 12.8. The molecule has 0 radical (unpaired) electrons. The van der Waals surface area contributed by atoms with Gasteiger partial charge in [-0.2, -0.15) is 9.57 Å². The van der Waals surface area contributed by atoms with Gasteiger partial charge in [-0.15, -0.1) is 0 Å². The smallest absolute Gasteiger partial charge is 0.244 e. The van der Waals surface area contributed by atoms with Crippen LogP contribution in [0.2, 0.25) is 5.02 Å². The summed E-state index contributed by atoms with van der Waals surface area (Å²) in [4.78, 5) is 0.00230. The molecule has 0 aliphatic carbocycles. The highest BCUT2D eigenvalue weighted by atomic mass is 35.5. The minimum Gasteiger partial charge on any atom is -0.381 e. The molecule has 2 unspecified atom stereocenters. The summed E-state index contributed by atoms with van der Waals surface area (Å²) < 4.78 is 32.4. The van der Waals surface area contributed by atoms with Gasteiger partial charge in [0, 0.05) is 26.2 Å². The van der Waals surface area contributed by atoms with Crippen LogP contribution in [0.1, 0.15) is 18.4 Å². The zero-order valence-electron chi connectivity index (χ0n) is 12.2. The second-order valence-corrected chi connectivity index (χ2v) is 7.41. The Morgan fingerprint density at radius 3 is 2.82 bits per heavy atom. The van der Waals surface area contributed by atoms with E-state index < -0.39 is 10.0 Å². The summed E-state index contributed by atoms with van der Waals surface area (Å²) in [6, 6.07) is 5.77. The highest BCUT2D eigenvalue weighted by molar-refractivity contribution is 7.89. The molecule has 22 heavy (non-hydrogen) atoms. The third-order valence-corrected chi connectivity index (χ3v) is 6.30. The Morgan fingerprint density at radius 2 is 2.27 bits per heavy atom. The molecule has 1 fully saturated rings. The molecule has 1 heterocycles. The Kier molecular flexibility index (Phi) is 5.42. The maximum Gasteiger partial charge on any atom is 0.244 e. The molecule has 0 spiro atoms. The fourth-order valence-corrected chi connectivity index (χ4v) is 4.82. The number of hydrogen-bond donors (Lipinski definition) is 1. The number of methoxy groups -OCH3 is 1. The SMILES string of the molecule is COC1CCN(S(=O)(=O)c2ccc(C#N)cc2Cl)C(CN)C1. The van der Waals surface area contributed by atoms with Crippen LogP contribution in [0.15, 0.2) is 23.1 Å². The summed E-state index contributed by atoms with van der Waals surface area (Å²) in [5.41, 5.74) is 6.05. The van der Waals surface area contributed by atoms with Gasteiger partial charge in [-0.3, -0.25) is 0 Å². The van der Waals surface area contributed by atoms with Gasteiger partial charge in [-0.1, -0.05) is 11.6 Å². The van der Waals surface area contributed by atoms with Crippen molar-refractivity contribution in [3.8, 4) is 6.07 Å². The largest absolute Gasteiger partial charge is 0.381 e. The van der Waals surface area contributed by atoms with Gasteiger partial charge >= 0.3 is 0 Å². The minimum atomic E-state index is -3.75. The Bertz CT molecular complexity index is 687. The van der Waals surface area contributed by atoms with Crippen molar-refractivity contribution in [2.45, 2.75) is 29.9 Å². The van der Waals surface area contributed by atoms with Crippen molar-refractivity contribution in [3.63, 3.8) is 0 Å². The maximum atomic E-state index is 12.8. The fraction of sp³-hybridized carbons (Fsp3) is 0.500. The van der Waals surface area contributed by atoms with E-state index in [1.807, 2.05) is 6.07 Å². The fourth-order valence-electron chi connectivity index (χ4n) is 2.64. The summed E-state index contributed by atoms with van der Waals surface area (Å²) in [6.07, 6.45) is 1.18. The topological polar surface area (TPSA) is 96.4 Å². The highest BCUT2D eigenvalue weighted by Gasteiger charge is 2.37.